The maximum atomic E-state index is 6.34. The molecule has 3 aromatic rings. The summed E-state index contributed by atoms with van der Waals surface area (Å²) >= 11 is 0. The highest BCUT2D eigenvalue weighted by Gasteiger charge is 2.40. The second-order valence-electron chi connectivity index (χ2n) is 8.38. The molecular weight excluding hydrogens is 400 g/mol. The van der Waals surface area contributed by atoms with Gasteiger partial charge in [-0.2, -0.15) is 4.98 Å². The van der Waals surface area contributed by atoms with Gasteiger partial charge in [0.2, 0.25) is 5.88 Å². The molecule has 3 N–H and O–H groups in total. The summed E-state index contributed by atoms with van der Waals surface area (Å²) in [5.74, 6) is 2.33. The van der Waals surface area contributed by atoms with E-state index in [2.05, 4.69) is 32.3 Å². The maximum absolute atomic E-state index is 6.34. The van der Waals surface area contributed by atoms with E-state index in [9.17, 15) is 0 Å². The van der Waals surface area contributed by atoms with Crippen molar-refractivity contribution in [2.45, 2.75) is 25.4 Å². The van der Waals surface area contributed by atoms with Gasteiger partial charge in [0.15, 0.2) is 5.82 Å². The van der Waals surface area contributed by atoms with Crippen molar-refractivity contribution in [1.82, 2.24) is 20.2 Å². The second-order valence-corrected chi connectivity index (χ2v) is 8.38. The van der Waals surface area contributed by atoms with E-state index in [0.717, 1.165) is 33.4 Å². The normalized spacial score (nSPS) is 20.1. The van der Waals surface area contributed by atoms with E-state index in [0.29, 0.717) is 23.5 Å². The fourth-order valence-corrected chi connectivity index (χ4v) is 4.68. The Morgan fingerprint density at radius 2 is 1.91 bits per heavy atom. The smallest absolute Gasteiger partial charge is 0.224 e. The van der Waals surface area contributed by atoms with Gasteiger partial charge in [0.05, 0.1) is 23.7 Å². The first kappa shape index (κ1) is 18.9. The number of aliphatic imine (C=N–C) groups is 1. The fourth-order valence-electron chi connectivity index (χ4n) is 4.68. The highest BCUT2D eigenvalue weighted by Crippen LogP contribution is 2.40. The number of amidine groups is 1. The van der Waals surface area contributed by atoms with Crippen LogP contribution in [0.4, 0.5) is 0 Å². The zero-order valence-electron chi connectivity index (χ0n) is 17.8. The minimum absolute atomic E-state index is 0.203. The van der Waals surface area contributed by atoms with Crippen molar-refractivity contribution < 1.29 is 4.74 Å². The number of hydrogen-bond donors (Lipinski definition) is 2. The van der Waals surface area contributed by atoms with Crippen molar-refractivity contribution in [2.75, 3.05) is 7.11 Å². The van der Waals surface area contributed by atoms with Gasteiger partial charge in [-0.3, -0.25) is 0 Å². The Balaban J connectivity index is 1.48. The molecule has 3 aliphatic rings. The zero-order valence-corrected chi connectivity index (χ0v) is 17.8. The lowest BCUT2D eigenvalue weighted by Gasteiger charge is -2.37. The molecule has 1 saturated carbocycles. The summed E-state index contributed by atoms with van der Waals surface area (Å²) < 4.78 is 5.59. The van der Waals surface area contributed by atoms with Gasteiger partial charge in [-0.15, -0.1) is 0 Å². The van der Waals surface area contributed by atoms with Gasteiger partial charge in [0.1, 0.15) is 17.7 Å². The Morgan fingerprint density at radius 1 is 1.06 bits per heavy atom. The number of ether oxygens (including phenoxy) is 1. The molecule has 1 aromatic heterocycles. The van der Waals surface area contributed by atoms with Crippen LogP contribution < -0.4 is 15.8 Å². The average Bonchev–Trinajstić information content (AvgIpc) is 3.18. The number of nitrogens with one attached hydrogen (secondary N) is 1. The number of hydrogen-bond acceptors (Lipinski definition) is 7. The topological polar surface area (TPSA) is 88.7 Å². The van der Waals surface area contributed by atoms with Gasteiger partial charge >= 0.3 is 0 Å². The molecule has 1 aliphatic carbocycles. The fraction of sp³-hybridized carbons (Fsp3) is 0.240. The number of methoxy groups -OCH3 is 1. The molecule has 1 atom stereocenters. The molecule has 0 spiro atoms. The number of benzene rings is 2. The summed E-state index contributed by atoms with van der Waals surface area (Å²) in [6, 6.07) is 16.1. The number of aromatic nitrogens is 2. The molecule has 1 unspecified atom stereocenters. The number of rotatable bonds is 4. The summed E-state index contributed by atoms with van der Waals surface area (Å²) in [6.07, 6.45) is 7.73. The van der Waals surface area contributed by atoms with Gasteiger partial charge < -0.3 is 20.7 Å². The highest BCUT2D eigenvalue weighted by molar-refractivity contribution is 6.05. The van der Waals surface area contributed by atoms with Gasteiger partial charge in [-0.25, -0.2) is 9.98 Å². The van der Waals surface area contributed by atoms with E-state index in [-0.39, 0.29) is 6.17 Å². The first-order chi connectivity index (χ1) is 15.7. The summed E-state index contributed by atoms with van der Waals surface area (Å²) in [5.41, 5.74) is 11.1. The third-order valence-corrected chi connectivity index (χ3v) is 6.54. The maximum Gasteiger partial charge on any atom is 0.224 e. The van der Waals surface area contributed by atoms with Crippen LogP contribution in [0, 0.1) is 5.92 Å². The van der Waals surface area contributed by atoms with Crippen molar-refractivity contribution in [3.63, 3.8) is 0 Å². The van der Waals surface area contributed by atoms with Gasteiger partial charge in [-0.05, 0) is 30.9 Å². The summed E-state index contributed by atoms with van der Waals surface area (Å²) in [6.45, 7) is 0. The summed E-state index contributed by atoms with van der Waals surface area (Å²) in [5, 5.41) is 4.61. The largest absolute Gasteiger partial charge is 0.480 e. The van der Waals surface area contributed by atoms with Crippen LogP contribution in [-0.2, 0) is 0 Å². The van der Waals surface area contributed by atoms with E-state index in [4.69, 9.17) is 15.5 Å². The number of fused-ring (bicyclic) bond motifs is 2. The minimum Gasteiger partial charge on any atom is -0.480 e. The lowest BCUT2D eigenvalue weighted by atomic mass is 9.82. The number of nitrogens with two attached hydrogens (primary N) is 1. The quantitative estimate of drug-likeness (QED) is 0.661. The van der Waals surface area contributed by atoms with Crippen LogP contribution in [0.2, 0.25) is 0 Å². The third kappa shape index (κ3) is 2.92. The molecule has 3 heterocycles. The zero-order chi connectivity index (χ0) is 21.7. The van der Waals surface area contributed by atoms with Crippen LogP contribution in [0.1, 0.15) is 24.8 Å². The first-order valence-corrected chi connectivity index (χ1v) is 10.9. The molecule has 160 valence electrons. The predicted octanol–water partition coefficient (Wildman–Crippen LogP) is 3.85. The molecule has 7 nitrogen and oxygen atoms in total. The van der Waals surface area contributed by atoms with Crippen LogP contribution >= 0.6 is 0 Å². The Kier molecular flexibility index (Phi) is 4.35. The predicted molar refractivity (Wildman–Crippen MR) is 125 cm³/mol. The van der Waals surface area contributed by atoms with Gasteiger partial charge in [0, 0.05) is 23.5 Å². The first-order valence-electron chi connectivity index (χ1n) is 10.9. The molecule has 2 aliphatic heterocycles. The summed E-state index contributed by atoms with van der Waals surface area (Å²) in [7, 11) is 1.64. The summed E-state index contributed by atoms with van der Waals surface area (Å²) in [4.78, 5) is 16.1. The second kappa shape index (κ2) is 7.37. The van der Waals surface area contributed by atoms with Gasteiger partial charge in [0.25, 0.3) is 0 Å². The molecule has 0 bridgehead atoms. The number of nitrogens with zero attached hydrogens (tertiary/aromatic N) is 4. The minimum atomic E-state index is 0.203. The van der Waals surface area contributed by atoms with Gasteiger partial charge in [-0.1, -0.05) is 42.8 Å². The van der Waals surface area contributed by atoms with Crippen molar-refractivity contribution in [3.05, 3.63) is 72.2 Å². The van der Waals surface area contributed by atoms with Crippen molar-refractivity contribution in [2.24, 2.45) is 16.6 Å². The standard InChI is InChI=1S/C25H24N6O/c1-32-25-18-11-10-17(14-19(18)28-23(30-25)15-6-3-2-4-7-15)20-21-22(26)27-12-13-31(21)24(29-20)16-8-5-9-16/h2-4,6-7,10-14,16,24,29H,5,8-9H2,1H3,(H2,26,27). The lowest BCUT2D eigenvalue weighted by Crippen LogP contribution is -2.45. The monoisotopic (exact) mass is 424 g/mol. The molecule has 1 fully saturated rings. The van der Waals surface area contributed by atoms with E-state index >= 15 is 0 Å². The van der Waals surface area contributed by atoms with E-state index < -0.39 is 0 Å². The SMILES string of the molecule is COc1nc(-c2ccccc2)nc2cc(C3=C4C(N)=NC=CN4C(C4CCC4)N3)ccc12. The highest BCUT2D eigenvalue weighted by atomic mass is 16.5. The van der Waals surface area contributed by atoms with Crippen LogP contribution in [0.15, 0.2) is 71.6 Å². The lowest BCUT2D eigenvalue weighted by molar-refractivity contribution is 0.164. The van der Waals surface area contributed by atoms with E-state index in [1.807, 2.05) is 42.6 Å². The molecule has 0 radical (unpaired) electrons. The van der Waals surface area contributed by atoms with Crippen LogP contribution in [0.25, 0.3) is 28.0 Å². The molecular formula is C25H24N6O. The molecule has 2 aromatic carbocycles. The molecule has 7 heteroatoms. The Morgan fingerprint density at radius 3 is 2.66 bits per heavy atom. The molecule has 0 amide bonds. The van der Waals surface area contributed by atoms with E-state index in [1.54, 1.807) is 13.3 Å². The molecule has 0 saturated heterocycles. The van der Waals surface area contributed by atoms with Crippen LogP contribution in [-0.4, -0.2) is 34.0 Å². The van der Waals surface area contributed by atoms with Crippen molar-refractivity contribution in [1.29, 1.82) is 0 Å². The van der Waals surface area contributed by atoms with Crippen LogP contribution in [0.5, 0.6) is 5.88 Å². The van der Waals surface area contributed by atoms with E-state index in [1.165, 1.54) is 19.3 Å². The Labute approximate surface area is 186 Å². The molecule has 32 heavy (non-hydrogen) atoms. The average molecular weight is 425 g/mol. The van der Waals surface area contributed by atoms with Crippen LogP contribution in [0.3, 0.4) is 0 Å². The third-order valence-electron chi connectivity index (χ3n) is 6.54. The van der Waals surface area contributed by atoms with Crippen molar-refractivity contribution in [3.8, 4) is 17.3 Å². The molecule has 6 rings (SSSR count). The van der Waals surface area contributed by atoms with Crippen molar-refractivity contribution >= 4 is 22.4 Å². The Hall–Kier alpha value is -3.87. The Bertz CT molecular complexity index is 1290.